The molecule has 1 N–H and O–H groups in total. The highest BCUT2D eigenvalue weighted by Gasteiger charge is 2.38. The molecule has 1 aliphatic rings. The quantitative estimate of drug-likeness (QED) is 0.868. The molecule has 0 heterocycles. The van der Waals surface area contributed by atoms with E-state index in [0.717, 1.165) is 23.3 Å². The summed E-state index contributed by atoms with van der Waals surface area (Å²) in [4.78, 5) is -0.816. The summed E-state index contributed by atoms with van der Waals surface area (Å²) in [5.41, 5.74) is 0.523. The van der Waals surface area contributed by atoms with E-state index in [4.69, 9.17) is 11.6 Å². The molecule has 3 rings (SSSR count). The molecule has 0 amide bonds. The van der Waals surface area contributed by atoms with E-state index in [0.29, 0.717) is 18.9 Å². The number of rotatable bonds is 3. The summed E-state index contributed by atoms with van der Waals surface area (Å²) in [6, 6.07) is 9.38. The van der Waals surface area contributed by atoms with Crippen LogP contribution in [0.4, 0.5) is 13.2 Å². The summed E-state index contributed by atoms with van der Waals surface area (Å²) < 4.78 is 66.9. The molecule has 0 bridgehead atoms. The first-order chi connectivity index (χ1) is 11.2. The van der Waals surface area contributed by atoms with E-state index in [2.05, 4.69) is 4.72 Å². The zero-order valence-corrected chi connectivity index (χ0v) is 13.8. The van der Waals surface area contributed by atoms with Crippen LogP contribution in [0.1, 0.15) is 29.2 Å². The van der Waals surface area contributed by atoms with Crippen LogP contribution in [-0.2, 0) is 22.6 Å². The van der Waals surface area contributed by atoms with Gasteiger partial charge in [-0.25, -0.2) is 13.1 Å². The zero-order valence-electron chi connectivity index (χ0n) is 12.3. The normalized spacial score (nSPS) is 17.8. The number of nitrogens with one attached hydrogen (secondary N) is 1. The molecule has 1 aliphatic carbocycles. The molecule has 0 aromatic heterocycles. The minimum Gasteiger partial charge on any atom is -0.207 e. The number of sulfonamides is 1. The van der Waals surface area contributed by atoms with Crippen molar-refractivity contribution >= 4 is 21.6 Å². The van der Waals surface area contributed by atoms with Crippen LogP contribution in [0.25, 0.3) is 0 Å². The van der Waals surface area contributed by atoms with Crippen molar-refractivity contribution in [2.45, 2.75) is 30.0 Å². The van der Waals surface area contributed by atoms with Crippen LogP contribution in [0, 0.1) is 0 Å². The Kier molecular flexibility index (Phi) is 4.36. The van der Waals surface area contributed by atoms with E-state index in [9.17, 15) is 21.6 Å². The van der Waals surface area contributed by atoms with Gasteiger partial charge in [0.25, 0.3) is 0 Å². The molecule has 8 heteroatoms. The van der Waals surface area contributed by atoms with Crippen molar-refractivity contribution in [1.82, 2.24) is 4.72 Å². The average molecular weight is 376 g/mol. The van der Waals surface area contributed by atoms with Crippen LogP contribution in [0.3, 0.4) is 0 Å². The lowest BCUT2D eigenvalue weighted by molar-refractivity contribution is -0.139. The number of hydrogen-bond donors (Lipinski definition) is 1. The Bertz CT molecular complexity index is 881. The van der Waals surface area contributed by atoms with E-state index < -0.39 is 32.7 Å². The maximum Gasteiger partial charge on any atom is 0.417 e. The van der Waals surface area contributed by atoms with Gasteiger partial charge in [-0.3, -0.25) is 0 Å². The minimum atomic E-state index is -4.82. The van der Waals surface area contributed by atoms with Gasteiger partial charge in [-0.1, -0.05) is 35.9 Å². The summed E-state index contributed by atoms with van der Waals surface area (Å²) in [6.07, 6.45) is -3.63. The van der Waals surface area contributed by atoms with Gasteiger partial charge in [0.2, 0.25) is 10.0 Å². The Morgan fingerprint density at radius 3 is 2.54 bits per heavy atom. The molecule has 0 fully saturated rings. The fourth-order valence-electron chi connectivity index (χ4n) is 2.89. The fourth-order valence-corrected chi connectivity index (χ4v) is 4.52. The summed E-state index contributed by atoms with van der Waals surface area (Å²) >= 11 is 5.59. The maximum atomic E-state index is 13.2. The first-order valence-corrected chi connectivity index (χ1v) is 9.01. The third-order valence-corrected chi connectivity index (χ3v) is 5.73. The van der Waals surface area contributed by atoms with Gasteiger partial charge in [0, 0.05) is 11.1 Å². The summed E-state index contributed by atoms with van der Waals surface area (Å²) in [6.45, 7) is 0. The second kappa shape index (κ2) is 6.06. The molecule has 3 nitrogen and oxygen atoms in total. The fraction of sp³-hybridized carbons (Fsp3) is 0.250. The van der Waals surface area contributed by atoms with Crippen molar-refractivity contribution in [2.75, 3.05) is 0 Å². The molecule has 0 saturated carbocycles. The number of hydrogen-bond acceptors (Lipinski definition) is 2. The number of halogens is 4. The van der Waals surface area contributed by atoms with E-state index in [1.54, 1.807) is 12.1 Å². The van der Waals surface area contributed by atoms with Gasteiger partial charge in [-0.05, 0) is 42.2 Å². The first-order valence-electron chi connectivity index (χ1n) is 7.15. The van der Waals surface area contributed by atoms with E-state index in [1.165, 1.54) is 0 Å². The highest BCUT2D eigenvalue weighted by Crippen LogP contribution is 2.37. The van der Waals surface area contributed by atoms with Gasteiger partial charge >= 0.3 is 6.18 Å². The Hall–Kier alpha value is -1.57. The predicted octanol–water partition coefficient (Wildman–Crippen LogP) is 4.32. The van der Waals surface area contributed by atoms with Gasteiger partial charge in [0.05, 0.1) is 10.5 Å². The standard InChI is InChI=1S/C16H13ClF3NO2S/c17-11-6-8-15(13(9-11)16(18,19)20)24(22,23)21-14-7-5-10-3-1-2-4-12(10)14/h1-4,6,8-9,14,21H,5,7H2/t14-/m1/s1. The second-order valence-electron chi connectivity index (χ2n) is 5.55. The van der Waals surface area contributed by atoms with Crippen molar-refractivity contribution in [3.8, 4) is 0 Å². The molecular formula is C16H13ClF3NO2S. The Morgan fingerprint density at radius 1 is 1.12 bits per heavy atom. The molecular weight excluding hydrogens is 363 g/mol. The number of alkyl halides is 3. The SMILES string of the molecule is O=S(=O)(N[C@@H]1CCc2ccccc21)c1ccc(Cl)cc1C(F)(F)F. The molecule has 0 spiro atoms. The predicted molar refractivity (Wildman–Crippen MR) is 84.3 cm³/mol. The van der Waals surface area contributed by atoms with Crippen LogP contribution >= 0.6 is 11.6 Å². The van der Waals surface area contributed by atoms with Crippen LogP contribution < -0.4 is 4.72 Å². The van der Waals surface area contributed by atoms with Gasteiger partial charge in [0.1, 0.15) is 0 Å². The molecule has 128 valence electrons. The topological polar surface area (TPSA) is 46.2 Å². The van der Waals surface area contributed by atoms with Gasteiger partial charge in [-0.15, -0.1) is 0 Å². The van der Waals surface area contributed by atoms with Crippen molar-refractivity contribution in [3.05, 3.63) is 64.2 Å². The summed E-state index contributed by atoms with van der Waals surface area (Å²) in [5.74, 6) is 0. The summed E-state index contributed by atoms with van der Waals surface area (Å²) in [7, 11) is -4.35. The highest BCUT2D eigenvalue weighted by atomic mass is 35.5. The number of fused-ring (bicyclic) bond motifs is 1. The highest BCUT2D eigenvalue weighted by molar-refractivity contribution is 7.89. The molecule has 2 aromatic carbocycles. The number of aryl methyl sites for hydroxylation is 1. The molecule has 1 atom stereocenters. The van der Waals surface area contributed by atoms with Crippen LogP contribution in [0.2, 0.25) is 5.02 Å². The Morgan fingerprint density at radius 2 is 1.83 bits per heavy atom. The lowest BCUT2D eigenvalue weighted by Gasteiger charge is -2.18. The average Bonchev–Trinajstić information content (AvgIpc) is 2.89. The largest absolute Gasteiger partial charge is 0.417 e. The molecule has 0 saturated heterocycles. The lowest BCUT2D eigenvalue weighted by Crippen LogP contribution is -2.29. The van der Waals surface area contributed by atoms with Gasteiger partial charge in [0.15, 0.2) is 0 Å². The molecule has 0 radical (unpaired) electrons. The first kappa shape index (κ1) is 17.3. The monoisotopic (exact) mass is 375 g/mol. The van der Waals surface area contributed by atoms with E-state index in [1.807, 2.05) is 12.1 Å². The number of benzene rings is 2. The Balaban J connectivity index is 1.98. The van der Waals surface area contributed by atoms with Crippen molar-refractivity contribution in [2.24, 2.45) is 0 Å². The van der Waals surface area contributed by atoms with E-state index in [-0.39, 0.29) is 5.02 Å². The molecule has 2 aromatic rings. The van der Waals surface area contributed by atoms with Gasteiger partial charge in [-0.2, -0.15) is 13.2 Å². The van der Waals surface area contributed by atoms with Crippen LogP contribution in [0.15, 0.2) is 47.4 Å². The molecule has 24 heavy (non-hydrogen) atoms. The summed E-state index contributed by atoms with van der Waals surface area (Å²) in [5, 5.41) is -0.174. The van der Waals surface area contributed by atoms with Gasteiger partial charge < -0.3 is 0 Å². The van der Waals surface area contributed by atoms with Crippen molar-refractivity contribution in [3.63, 3.8) is 0 Å². The van der Waals surface area contributed by atoms with Crippen molar-refractivity contribution in [1.29, 1.82) is 0 Å². The van der Waals surface area contributed by atoms with Crippen LogP contribution in [0.5, 0.6) is 0 Å². The minimum absolute atomic E-state index is 0.174. The third kappa shape index (κ3) is 3.29. The molecule has 0 aliphatic heterocycles. The smallest absolute Gasteiger partial charge is 0.207 e. The lowest BCUT2D eigenvalue weighted by atomic mass is 10.1. The Labute approximate surface area is 142 Å². The van der Waals surface area contributed by atoms with Crippen LogP contribution in [-0.4, -0.2) is 8.42 Å². The molecule has 0 unspecified atom stereocenters. The zero-order chi connectivity index (χ0) is 17.5. The maximum absolute atomic E-state index is 13.2. The third-order valence-electron chi connectivity index (χ3n) is 3.97. The second-order valence-corrected chi connectivity index (χ2v) is 7.67. The van der Waals surface area contributed by atoms with E-state index >= 15 is 0 Å². The van der Waals surface area contributed by atoms with Crippen molar-refractivity contribution < 1.29 is 21.6 Å².